The number of fused-ring (bicyclic) bond motifs is 1. The molecule has 0 spiro atoms. The first-order valence-electron chi connectivity index (χ1n) is 9.86. The summed E-state index contributed by atoms with van der Waals surface area (Å²) in [5, 5.41) is 12.9. The molecule has 0 aliphatic rings. The Morgan fingerprint density at radius 3 is 2.84 bits per heavy atom. The minimum absolute atomic E-state index is 0.270. The van der Waals surface area contributed by atoms with E-state index in [1.165, 1.54) is 0 Å². The van der Waals surface area contributed by atoms with Gasteiger partial charge in [0.05, 0.1) is 35.3 Å². The van der Waals surface area contributed by atoms with Gasteiger partial charge in [-0.05, 0) is 24.6 Å². The molecule has 3 rings (SSSR count). The summed E-state index contributed by atoms with van der Waals surface area (Å²) in [4.78, 5) is 21.7. The van der Waals surface area contributed by atoms with Crippen LogP contribution < -0.4 is 10.6 Å². The number of rotatable bonds is 11. The average Bonchev–Trinajstić information content (AvgIpc) is 3.15. The van der Waals surface area contributed by atoms with Gasteiger partial charge in [0.2, 0.25) is 0 Å². The molecule has 2 aromatic heterocycles. The second kappa shape index (κ2) is 11.5. The van der Waals surface area contributed by atoms with Crippen LogP contribution in [0.2, 0.25) is 10.0 Å². The minimum Gasteiger partial charge on any atom is -0.383 e. The molecule has 166 valence electrons. The summed E-state index contributed by atoms with van der Waals surface area (Å²) in [6.45, 7) is 4.12. The lowest BCUT2D eigenvalue weighted by Gasteiger charge is -2.10. The van der Waals surface area contributed by atoms with E-state index >= 15 is 0 Å². The number of aromatic nitrogens is 4. The van der Waals surface area contributed by atoms with Crippen molar-refractivity contribution in [1.82, 2.24) is 25.1 Å². The zero-order chi connectivity index (χ0) is 22.2. The van der Waals surface area contributed by atoms with Crippen molar-refractivity contribution in [3.05, 3.63) is 40.0 Å². The van der Waals surface area contributed by atoms with E-state index in [2.05, 4.69) is 32.6 Å². The summed E-state index contributed by atoms with van der Waals surface area (Å²) in [7, 11) is 1.66. The predicted molar refractivity (Wildman–Crippen MR) is 125 cm³/mol. The van der Waals surface area contributed by atoms with Gasteiger partial charge in [-0.2, -0.15) is 5.10 Å². The van der Waals surface area contributed by atoms with Crippen molar-refractivity contribution < 1.29 is 9.53 Å². The van der Waals surface area contributed by atoms with Crippen LogP contribution in [0, 0.1) is 0 Å². The summed E-state index contributed by atoms with van der Waals surface area (Å²) < 4.78 is 6.88. The Hall–Kier alpha value is -2.07. The number of carbonyl (C=O) groups excluding carboxylic acids is 1. The molecule has 8 nitrogen and oxygen atoms in total. The minimum atomic E-state index is -0.270. The molecule has 0 aliphatic heterocycles. The Kier molecular flexibility index (Phi) is 8.77. The molecule has 0 radical (unpaired) electrons. The first kappa shape index (κ1) is 23.6. The monoisotopic (exact) mass is 482 g/mol. The van der Waals surface area contributed by atoms with E-state index in [-0.39, 0.29) is 5.91 Å². The number of amides is 1. The van der Waals surface area contributed by atoms with E-state index in [4.69, 9.17) is 27.9 Å². The van der Waals surface area contributed by atoms with Crippen LogP contribution in [0.4, 0.5) is 5.82 Å². The zero-order valence-electron chi connectivity index (χ0n) is 17.3. The van der Waals surface area contributed by atoms with Crippen molar-refractivity contribution in [1.29, 1.82) is 0 Å². The molecule has 0 atom stereocenters. The Balaban J connectivity index is 1.73. The van der Waals surface area contributed by atoms with Crippen LogP contribution >= 0.6 is 35.0 Å². The van der Waals surface area contributed by atoms with E-state index in [1.807, 2.05) is 0 Å². The van der Waals surface area contributed by atoms with Crippen molar-refractivity contribution in [3.8, 4) is 0 Å². The first-order valence-corrected chi connectivity index (χ1v) is 11.6. The van der Waals surface area contributed by atoms with Gasteiger partial charge in [-0.15, -0.1) is 0 Å². The molecular weight excluding hydrogens is 459 g/mol. The molecule has 0 unspecified atom stereocenters. The molecular formula is C20H24Cl2N6O2S. The first-order chi connectivity index (χ1) is 15.0. The maximum absolute atomic E-state index is 12.4. The lowest BCUT2D eigenvalue weighted by molar-refractivity contribution is 0.0952. The molecule has 11 heteroatoms. The Labute approximate surface area is 195 Å². The van der Waals surface area contributed by atoms with E-state index < -0.39 is 0 Å². The Morgan fingerprint density at radius 1 is 1.26 bits per heavy atom. The predicted octanol–water partition coefficient (Wildman–Crippen LogP) is 4.12. The smallest absolute Gasteiger partial charge is 0.252 e. The molecule has 0 fully saturated rings. The third kappa shape index (κ3) is 6.22. The molecule has 1 amide bonds. The number of methoxy groups -OCH3 is 1. The van der Waals surface area contributed by atoms with Crippen LogP contribution in [0.1, 0.15) is 23.7 Å². The lowest BCUT2D eigenvalue weighted by Crippen LogP contribution is -2.27. The van der Waals surface area contributed by atoms with Gasteiger partial charge in [0, 0.05) is 31.0 Å². The van der Waals surface area contributed by atoms with Crippen LogP contribution in [0.5, 0.6) is 0 Å². The standard InChI is InChI=1S/C20H24Cl2N6O2S/c1-3-10-31-20-26-17(23-7-9-30-2)15-12-25-28(18(15)27-20)8-6-24-19(29)14-5-4-13(21)11-16(14)22/h4-5,11-12H,3,6-10H2,1-2H3,(H,24,29)(H,23,26,27). The number of thioether (sulfide) groups is 1. The van der Waals surface area contributed by atoms with Gasteiger partial charge in [-0.1, -0.05) is 41.9 Å². The van der Waals surface area contributed by atoms with E-state index in [0.29, 0.717) is 52.7 Å². The molecule has 1 aromatic carbocycles. The normalized spacial score (nSPS) is 11.1. The van der Waals surface area contributed by atoms with Gasteiger partial charge < -0.3 is 15.4 Å². The SMILES string of the molecule is CCCSc1nc(NCCOC)c2cnn(CCNC(=O)c3ccc(Cl)cc3Cl)c2n1. The Morgan fingerprint density at radius 2 is 2.10 bits per heavy atom. The fourth-order valence-corrected chi connectivity index (χ4v) is 4.00. The maximum Gasteiger partial charge on any atom is 0.252 e. The van der Waals surface area contributed by atoms with Gasteiger partial charge in [0.1, 0.15) is 5.82 Å². The molecule has 0 aliphatic carbocycles. The fourth-order valence-electron chi connectivity index (χ4n) is 2.81. The number of halogens is 2. The highest BCUT2D eigenvalue weighted by atomic mass is 35.5. The van der Waals surface area contributed by atoms with Crippen molar-refractivity contribution in [3.63, 3.8) is 0 Å². The largest absolute Gasteiger partial charge is 0.383 e. The maximum atomic E-state index is 12.4. The van der Waals surface area contributed by atoms with Crippen molar-refractivity contribution in [2.75, 3.05) is 37.9 Å². The van der Waals surface area contributed by atoms with E-state index in [0.717, 1.165) is 23.4 Å². The van der Waals surface area contributed by atoms with Crippen LogP contribution in [0.3, 0.4) is 0 Å². The van der Waals surface area contributed by atoms with Crippen LogP contribution in [0.15, 0.2) is 29.6 Å². The van der Waals surface area contributed by atoms with Crippen molar-refractivity contribution in [2.45, 2.75) is 25.0 Å². The number of anilines is 1. The number of nitrogens with zero attached hydrogens (tertiary/aromatic N) is 4. The summed E-state index contributed by atoms with van der Waals surface area (Å²) >= 11 is 13.6. The number of carbonyl (C=O) groups is 1. The van der Waals surface area contributed by atoms with Gasteiger partial charge in [-0.3, -0.25) is 4.79 Å². The van der Waals surface area contributed by atoms with Gasteiger partial charge in [-0.25, -0.2) is 14.6 Å². The summed E-state index contributed by atoms with van der Waals surface area (Å²) in [6.07, 6.45) is 2.76. The van der Waals surface area contributed by atoms with Crippen molar-refractivity contribution in [2.24, 2.45) is 0 Å². The second-order valence-electron chi connectivity index (χ2n) is 6.61. The highest BCUT2D eigenvalue weighted by molar-refractivity contribution is 7.99. The molecule has 0 bridgehead atoms. The quantitative estimate of drug-likeness (QED) is 0.241. The third-order valence-electron chi connectivity index (χ3n) is 4.29. The van der Waals surface area contributed by atoms with E-state index in [9.17, 15) is 4.79 Å². The molecule has 0 saturated heterocycles. The molecule has 0 saturated carbocycles. The molecule has 3 aromatic rings. The molecule has 2 N–H and O–H groups in total. The number of nitrogens with one attached hydrogen (secondary N) is 2. The van der Waals surface area contributed by atoms with Gasteiger partial charge in [0.25, 0.3) is 5.91 Å². The fraction of sp³-hybridized carbons (Fsp3) is 0.400. The zero-order valence-corrected chi connectivity index (χ0v) is 19.6. The van der Waals surface area contributed by atoms with Gasteiger partial charge >= 0.3 is 0 Å². The summed E-state index contributed by atoms with van der Waals surface area (Å²) in [5.41, 5.74) is 1.09. The summed E-state index contributed by atoms with van der Waals surface area (Å²) in [6, 6.07) is 4.78. The average molecular weight is 483 g/mol. The lowest BCUT2D eigenvalue weighted by atomic mass is 10.2. The topological polar surface area (TPSA) is 94.0 Å². The van der Waals surface area contributed by atoms with Crippen LogP contribution in [0.25, 0.3) is 11.0 Å². The number of benzene rings is 1. The third-order valence-corrected chi connectivity index (χ3v) is 5.90. The van der Waals surface area contributed by atoms with Gasteiger partial charge in [0.15, 0.2) is 10.8 Å². The van der Waals surface area contributed by atoms with Crippen LogP contribution in [-0.4, -0.2) is 58.2 Å². The number of hydrogen-bond acceptors (Lipinski definition) is 7. The highest BCUT2D eigenvalue weighted by Gasteiger charge is 2.14. The molecule has 31 heavy (non-hydrogen) atoms. The second-order valence-corrected chi connectivity index (χ2v) is 8.51. The Bertz CT molecular complexity index is 1050. The summed E-state index contributed by atoms with van der Waals surface area (Å²) in [5.74, 6) is 1.38. The van der Waals surface area contributed by atoms with Crippen molar-refractivity contribution >= 4 is 57.7 Å². The number of hydrogen-bond donors (Lipinski definition) is 2. The highest BCUT2D eigenvalue weighted by Crippen LogP contribution is 2.25. The number of ether oxygens (including phenoxy) is 1. The van der Waals surface area contributed by atoms with Crippen LogP contribution in [-0.2, 0) is 11.3 Å². The van der Waals surface area contributed by atoms with E-state index in [1.54, 1.807) is 47.9 Å². The molecule has 2 heterocycles.